The molecule has 1 aliphatic heterocycles. The highest BCUT2D eigenvalue weighted by atomic mass is 16.6. The SMILES string of the molecule is CC[C@H](C)C(=O)O[C@H]1C[C@](C)(OC(C)=O)[C@@H]2C(=C(C)C(=O)[C@H]2OC(C)=O)[C@@H]2OC(=O)[C@@](C)(O)[C@@]12O. The number of esters is 4. The zero-order valence-electron chi connectivity index (χ0n) is 20.9. The van der Waals surface area contributed by atoms with Crippen LogP contribution in [0.2, 0.25) is 0 Å². The van der Waals surface area contributed by atoms with Crippen molar-refractivity contribution in [3.8, 4) is 0 Å². The van der Waals surface area contributed by atoms with E-state index in [1.54, 1.807) is 13.8 Å². The van der Waals surface area contributed by atoms with Gasteiger partial charge < -0.3 is 29.2 Å². The van der Waals surface area contributed by atoms with Gasteiger partial charge in [-0.2, -0.15) is 0 Å². The highest BCUT2D eigenvalue weighted by Crippen LogP contribution is 2.56. The van der Waals surface area contributed by atoms with Crippen LogP contribution in [0, 0.1) is 11.8 Å². The van der Waals surface area contributed by atoms with Crippen molar-refractivity contribution in [2.45, 2.75) is 96.4 Å². The van der Waals surface area contributed by atoms with E-state index in [0.29, 0.717) is 6.42 Å². The average Bonchev–Trinajstić information content (AvgIpc) is 3.05. The summed E-state index contributed by atoms with van der Waals surface area (Å²) in [6, 6.07) is 0. The maximum absolute atomic E-state index is 13.2. The highest BCUT2D eigenvalue weighted by molar-refractivity contribution is 6.04. The molecule has 0 amide bonds. The van der Waals surface area contributed by atoms with E-state index in [1.807, 2.05) is 0 Å². The first-order valence-electron chi connectivity index (χ1n) is 11.5. The van der Waals surface area contributed by atoms with Gasteiger partial charge >= 0.3 is 23.9 Å². The van der Waals surface area contributed by atoms with Gasteiger partial charge in [0.25, 0.3) is 0 Å². The fraction of sp³-hybridized carbons (Fsp3) is 0.708. The number of hydrogen-bond donors (Lipinski definition) is 2. The summed E-state index contributed by atoms with van der Waals surface area (Å²) in [6.45, 7) is 9.48. The molecule has 35 heavy (non-hydrogen) atoms. The van der Waals surface area contributed by atoms with Crippen LogP contribution < -0.4 is 0 Å². The summed E-state index contributed by atoms with van der Waals surface area (Å²) < 4.78 is 22.0. The molecule has 0 spiro atoms. The molecule has 0 bridgehead atoms. The Morgan fingerprint density at radius 3 is 2.23 bits per heavy atom. The third-order valence-electron chi connectivity index (χ3n) is 7.47. The van der Waals surface area contributed by atoms with E-state index in [2.05, 4.69) is 0 Å². The lowest BCUT2D eigenvalue weighted by Gasteiger charge is -2.41. The Labute approximate surface area is 202 Å². The molecule has 0 aromatic heterocycles. The van der Waals surface area contributed by atoms with Crippen LogP contribution in [0.15, 0.2) is 11.1 Å². The molecular weight excluding hydrogens is 464 g/mol. The monoisotopic (exact) mass is 496 g/mol. The van der Waals surface area contributed by atoms with Gasteiger partial charge in [-0.3, -0.25) is 19.2 Å². The average molecular weight is 497 g/mol. The van der Waals surface area contributed by atoms with Crippen LogP contribution in [0.4, 0.5) is 0 Å². The topological polar surface area (TPSA) is 163 Å². The second kappa shape index (κ2) is 8.70. The number of aliphatic hydroxyl groups is 2. The second-order valence-electron chi connectivity index (χ2n) is 9.98. The summed E-state index contributed by atoms with van der Waals surface area (Å²) in [5, 5.41) is 23.1. The zero-order chi connectivity index (χ0) is 26.7. The van der Waals surface area contributed by atoms with Crippen molar-refractivity contribution in [3.05, 3.63) is 11.1 Å². The van der Waals surface area contributed by atoms with Crippen LogP contribution in [0.1, 0.15) is 61.3 Å². The van der Waals surface area contributed by atoms with Gasteiger partial charge in [-0.25, -0.2) is 4.79 Å². The first-order chi connectivity index (χ1) is 16.0. The first-order valence-corrected chi connectivity index (χ1v) is 11.5. The van der Waals surface area contributed by atoms with Crippen LogP contribution in [0.25, 0.3) is 0 Å². The lowest BCUT2D eigenvalue weighted by molar-refractivity contribution is -0.212. The highest BCUT2D eigenvalue weighted by Gasteiger charge is 2.75. The summed E-state index contributed by atoms with van der Waals surface area (Å²) in [6.07, 6.45) is -4.72. The van der Waals surface area contributed by atoms with Gasteiger partial charge in [0.05, 0.1) is 11.8 Å². The molecular formula is C24H32O11. The van der Waals surface area contributed by atoms with Crippen molar-refractivity contribution >= 4 is 29.7 Å². The van der Waals surface area contributed by atoms with Crippen LogP contribution in [0.5, 0.6) is 0 Å². The minimum atomic E-state index is -2.56. The Balaban J connectivity index is 2.30. The minimum Gasteiger partial charge on any atom is -0.459 e. The van der Waals surface area contributed by atoms with E-state index in [1.165, 1.54) is 13.8 Å². The van der Waals surface area contributed by atoms with Gasteiger partial charge in [0.1, 0.15) is 11.7 Å². The van der Waals surface area contributed by atoms with E-state index in [0.717, 1.165) is 20.8 Å². The predicted molar refractivity (Wildman–Crippen MR) is 116 cm³/mol. The molecule has 0 unspecified atom stereocenters. The molecule has 1 heterocycles. The molecule has 1 saturated heterocycles. The predicted octanol–water partition coefficient (Wildman–Crippen LogP) is 0.524. The molecule has 1 saturated carbocycles. The van der Waals surface area contributed by atoms with E-state index < -0.39 is 83.0 Å². The van der Waals surface area contributed by atoms with Crippen molar-refractivity contribution in [1.82, 2.24) is 0 Å². The molecule has 2 N–H and O–H groups in total. The van der Waals surface area contributed by atoms with Gasteiger partial charge in [-0.1, -0.05) is 13.8 Å². The molecule has 8 atom stereocenters. The number of rotatable bonds is 5. The quantitative estimate of drug-likeness (QED) is 0.403. The minimum absolute atomic E-state index is 0.0162. The summed E-state index contributed by atoms with van der Waals surface area (Å²) >= 11 is 0. The molecule has 0 aromatic rings. The number of hydrogen-bond acceptors (Lipinski definition) is 11. The lowest BCUT2D eigenvalue weighted by Crippen LogP contribution is -2.64. The Hall–Kier alpha value is -2.79. The van der Waals surface area contributed by atoms with E-state index in [9.17, 15) is 34.2 Å². The number of Topliss-reactive ketones (excluding diaryl/α,β-unsaturated/α-hetero) is 1. The molecule has 0 aromatic carbocycles. The number of carbonyl (C=O) groups is 5. The summed E-state index contributed by atoms with van der Waals surface area (Å²) in [7, 11) is 0. The van der Waals surface area contributed by atoms with E-state index >= 15 is 0 Å². The van der Waals surface area contributed by atoms with Crippen LogP contribution in [0.3, 0.4) is 0 Å². The van der Waals surface area contributed by atoms with Crippen molar-refractivity contribution in [2.75, 3.05) is 0 Å². The van der Waals surface area contributed by atoms with Gasteiger partial charge in [0, 0.05) is 20.3 Å². The van der Waals surface area contributed by atoms with Crippen molar-refractivity contribution in [1.29, 1.82) is 0 Å². The second-order valence-corrected chi connectivity index (χ2v) is 9.98. The summed E-state index contributed by atoms with van der Waals surface area (Å²) in [5.41, 5.74) is -6.73. The third-order valence-corrected chi connectivity index (χ3v) is 7.47. The largest absolute Gasteiger partial charge is 0.459 e. The van der Waals surface area contributed by atoms with Crippen molar-refractivity contribution < 1.29 is 53.1 Å². The first kappa shape index (κ1) is 26.8. The summed E-state index contributed by atoms with van der Waals surface area (Å²) in [4.78, 5) is 62.7. The molecule has 11 nitrogen and oxygen atoms in total. The molecule has 3 aliphatic rings. The Morgan fingerprint density at radius 2 is 1.71 bits per heavy atom. The zero-order valence-corrected chi connectivity index (χ0v) is 20.9. The molecule has 3 rings (SSSR count). The Bertz CT molecular complexity index is 1010. The van der Waals surface area contributed by atoms with Gasteiger partial charge in [0.15, 0.2) is 29.2 Å². The van der Waals surface area contributed by atoms with Crippen LogP contribution >= 0.6 is 0 Å². The molecule has 2 fully saturated rings. The normalized spacial score (nSPS) is 39.2. The number of fused-ring (bicyclic) bond motifs is 3. The maximum atomic E-state index is 13.2. The third kappa shape index (κ3) is 3.94. The van der Waals surface area contributed by atoms with E-state index in [4.69, 9.17) is 18.9 Å². The number of carbonyl (C=O) groups excluding carboxylic acids is 5. The Morgan fingerprint density at radius 1 is 1.11 bits per heavy atom. The summed E-state index contributed by atoms with van der Waals surface area (Å²) in [5.74, 6) is -5.83. The van der Waals surface area contributed by atoms with Gasteiger partial charge in [0.2, 0.25) is 0 Å². The van der Waals surface area contributed by atoms with Crippen molar-refractivity contribution in [3.63, 3.8) is 0 Å². The Kier molecular flexibility index (Phi) is 6.67. The maximum Gasteiger partial charge on any atom is 0.341 e. The smallest absolute Gasteiger partial charge is 0.341 e. The van der Waals surface area contributed by atoms with Crippen LogP contribution in [-0.4, -0.2) is 75.0 Å². The van der Waals surface area contributed by atoms with Crippen LogP contribution in [-0.2, 0) is 42.9 Å². The standard InChI is InChI=1S/C24H32O11/c1-8-10(2)20(28)33-14-9-22(6,35-13(5)26)16-15(11(3)17(27)18(16)32-12(4)25)19-24(14,31)23(7,30)21(29)34-19/h10,14,16,18-19,30-31H,8-9H2,1-7H3/t10-,14-,16+,18-,19-,22-,23+,24+/m0/s1. The molecule has 2 aliphatic carbocycles. The van der Waals surface area contributed by atoms with Crippen molar-refractivity contribution in [2.24, 2.45) is 11.8 Å². The van der Waals surface area contributed by atoms with Gasteiger partial charge in [-0.05, 0) is 38.3 Å². The number of ether oxygens (including phenoxy) is 4. The molecule has 194 valence electrons. The van der Waals surface area contributed by atoms with E-state index in [-0.39, 0.29) is 11.1 Å². The lowest BCUT2D eigenvalue weighted by atomic mass is 9.75. The number of ketones is 1. The fourth-order valence-electron chi connectivity index (χ4n) is 5.36. The molecule has 0 radical (unpaired) electrons. The fourth-order valence-corrected chi connectivity index (χ4v) is 5.36. The molecule has 11 heteroatoms. The van der Waals surface area contributed by atoms with Gasteiger partial charge in [-0.15, -0.1) is 0 Å².